The summed E-state index contributed by atoms with van der Waals surface area (Å²) in [4.78, 5) is 15.1. The summed E-state index contributed by atoms with van der Waals surface area (Å²) in [5.41, 5.74) is 7.48. The van der Waals surface area contributed by atoms with Crippen molar-refractivity contribution in [3.8, 4) is 0 Å². The van der Waals surface area contributed by atoms with E-state index < -0.39 is 0 Å². The van der Waals surface area contributed by atoms with Crippen molar-refractivity contribution in [3.05, 3.63) is 36.0 Å². The molecule has 0 spiro atoms. The standard InChI is InChI=1S/C14H17N3O/c15-14(6-3-7-14)9-16-13(18)12-8-10-4-1-2-5-11(10)17-12/h1-2,4-5,8,17H,3,6-7,9,15H2,(H,16,18). The van der Waals surface area contributed by atoms with Crippen molar-refractivity contribution >= 4 is 16.8 Å². The maximum atomic E-state index is 12.0. The van der Waals surface area contributed by atoms with Crippen LogP contribution >= 0.6 is 0 Å². The van der Waals surface area contributed by atoms with E-state index >= 15 is 0 Å². The molecule has 4 heteroatoms. The summed E-state index contributed by atoms with van der Waals surface area (Å²) in [7, 11) is 0. The molecule has 4 N–H and O–H groups in total. The SMILES string of the molecule is NC1(CNC(=O)c2cc3ccccc3[nH]2)CCC1. The van der Waals surface area contributed by atoms with Crippen LogP contribution in [0.1, 0.15) is 29.8 Å². The van der Waals surface area contributed by atoms with Crippen LogP contribution in [0.4, 0.5) is 0 Å². The predicted octanol–water partition coefficient (Wildman–Crippen LogP) is 1.78. The molecule has 2 aromatic rings. The second kappa shape index (κ2) is 4.14. The normalized spacial score (nSPS) is 17.4. The lowest BCUT2D eigenvalue weighted by Gasteiger charge is -2.38. The lowest BCUT2D eigenvalue weighted by molar-refractivity contribution is 0.0925. The number of H-pyrrole nitrogens is 1. The Morgan fingerprint density at radius 2 is 2.17 bits per heavy atom. The number of carbonyl (C=O) groups is 1. The molecule has 1 aromatic heterocycles. The van der Waals surface area contributed by atoms with Crippen molar-refractivity contribution in [2.45, 2.75) is 24.8 Å². The molecule has 3 rings (SSSR count). The number of nitrogens with two attached hydrogens (primary N) is 1. The molecule has 1 saturated carbocycles. The average Bonchev–Trinajstić information content (AvgIpc) is 2.77. The van der Waals surface area contributed by atoms with Gasteiger partial charge in [0.1, 0.15) is 5.69 Å². The minimum atomic E-state index is -0.179. The van der Waals surface area contributed by atoms with E-state index in [1.807, 2.05) is 30.3 Å². The van der Waals surface area contributed by atoms with E-state index in [9.17, 15) is 4.79 Å². The summed E-state index contributed by atoms with van der Waals surface area (Å²) < 4.78 is 0. The molecule has 1 fully saturated rings. The maximum absolute atomic E-state index is 12.0. The molecular weight excluding hydrogens is 226 g/mol. The van der Waals surface area contributed by atoms with E-state index in [0.717, 1.165) is 23.7 Å². The first-order valence-corrected chi connectivity index (χ1v) is 6.31. The summed E-state index contributed by atoms with van der Waals surface area (Å²) in [6.45, 7) is 0.557. The van der Waals surface area contributed by atoms with Crippen molar-refractivity contribution in [3.63, 3.8) is 0 Å². The number of hydrogen-bond donors (Lipinski definition) is 3. The van der Waals surface area contributed by atoms with Crippen LogP contribution in [-0.2, 0) is 0 Å². The number of carbonyl (C=O) groups excluding carboxylic acids is 1. The first kappa shape index (κ1) is 11.3. The fourth-order valence-corrected chi connectivity index (χ4v) is 2.35. The molecule has 4 nitrogen and oxygen atoms in total. The van der Waals surface area contributed by atoms with Gasteiger partial charge in [-0.2, -0.15) is 0 Å². The number of hydrogen-bond acceptors (Lipinski definition) is 2. The zero-order valence-corrected chi connectivity index (χ0v) is 10.2. The van der Waals surface area contributed by atoms with Gasteiger partial charge in [0.2, 0.25) is 0 Å². The lowest BCUT2D eigenvalue weighted by atomic mass is 9.78. The second-order valence-electron chi connectivity index (χ2n) is 5.17. The third-order valence-corrected chi connectivity index (χ3v) is 3.72. The van der Waals surface area contributed by atoms with E-state index in [1.165, 1.54) is 6.42 Å². The minimum absolute atomic E-state index is 0.0806. The van der Waals surface area contributed by atoms with Gasteiger partial charge in [0.05, 0.1) is 0 Å². The first-order chi connectivity index (χ1) is 8.66. The minimum Gasteiger partial charge on any atom is -0.351 e. The molecule has 0 aliphatic heterocycles. The number of nitrogens with one attached hydrogen (secondary N) is 2. The molecular formula is C14H17N3O. The fraction of sp³-hybridized carbons (Fsp3) is 0.357. The highest BCUT2D eigenvalue weighted by Gasteiger charge is 2.32. The number of benzene rings is 1. The fourth-order valence-electron chi connectivity index (χ4n) is 2.35. The zero-order valence-electron chi connectivity index (χ0n) is 10.2. The van der Waals surface area contributed by atoms with Gasteiger partial charge >= 0.3 is 0 Å². The third-order valence-electron chi connectivity index (χ3n) is 3.72. The Morgan fingerprint density at radius 3 is 2.83 bits per heavy atom. The van der Waals surface area contributed by atoms with Crippen LogP contribution < -0.4 is 11.1 Å². The van der Waals surface area contributed by atoms with Gasteiger partial charge in [0.15, 0.2) is 0 Å². The van der Waals surface area contributed by atoms with Crippen LogP contribution in [-0.4, -0.2) is 23.0 Å². The molecule has 1 aliphatic carbocycles. The predicted molar refractivity (Wildman–Crippen MR) is 71.4 cm³/mol. The van der Waals surface area contributed by atoms with Gasteiger partial charge in [-0.15, -0.1) is 0 Å². The second-order valence-corrected chi connectivity index (χ2v) is 5.17. The number of rotatable bonds is 3. The van der Waals surface area contributed by atoms with Crippen LogP contribution in [0.5, 0.6) is 0 Å². The van der Waals surface area contributed by atoms with E-state index in [2.05, 4.69) is 10.3 Å². The molecule has 1 heterocycles. The molecule has 0 unspecified atom stereocenters. The molecule has 1 aromatic carbocycles. The quantitative estimate of drug-likeness (QED) is 0.769. The van der Waals surface area contributed by atoms with Crippen LogP contribution in [0.15, 0.2) is 30.3 Å². The Labute approximate surface area is 106 Å². The molecule has 1 amide bonds. The highest BCUT2D eigenvalue weighted by atomic mass is 16.1. The van der Waals surface area contributed by atoms with Crippen molar-refractivity contribution in [2.75, 3.05) is 6.54 Å². The summed E-state index contributed by atoms with van der Waals surface area (Å²) >= 11 is 0. The summed E-state index contributed by atoms with van der Waals surface area (Å²) in [6.07, 6.45) is 3.17. The molecule has 18 heavy (non-hydrogen) atoms. The topological polar surface area (TPSA) is 70.9 Å². The van der Waals surface area contributed by atoms with E-state index in [0.29, 0.717) is 12.2 Å². The molecule has 94 valence electrons. The Balaban J connectivity index is 1.71. The molecule has 1 aliphatic rings. The summed E-state index contributed by atoms with van der Waals surface area (Å²) in [5.74, 6) is -0.0806. The summed E-state index contributed by atoms with van der Waals surface area (Å²) in [6, 6.07) is 9.72. The van der Waals surface area contributed by atoms with Gasteiger partial charge in [0.25, 0.3) is 5.91 Å². The maximum Gasteiger partial charge on any atom is 0.267 e. The van der Waals surface area contributed by atoms with E-state index in [4.69, 9.17) is 5.73 Å². The number of aromatic amines is 1. The molecule has 0 radical (unpaired) electrons. The lowest BCUT2D eigenvalue weighted by Crippen LogP contribution is -2.54. The van der Waals surface area contributed by atoms with Gasteiger partial charge in [-0.1, -0.05) is 18.2 Å². The van der Waals surface area contributed by atoms with Gasteiger partial charge in [-0.05, 0) is 31.4 Å². The van der Waals surface area contributed by atoms with Crippen molar-refractivity contribution in [1.82, 2.24) is 10.3 Å². The number of fused-ring (bicyclic) bond motifs is 1. The first-order valence-electron chi connectivity index (χ1n) is 6.31. The van der Waals surface area contributed by atoms with Crippen LogP contribution in [0.25, 0.3) is 10.9 Å². The average molecular weight is 243 g/mol. The molecule has 0 saturated heterocycles. The van der Waals surface area contributed by atoms with E-state index in [1.54, 1.807) is 0 Å². The Morgan fingerprint density at radius 1 is 1.39 bits per heavy atom. The van der Waals surface area contributed by atoms with Gasteiger partial charge in [-0.3, -0.25) is 4.79 Å². The van der Waals surface area contributed by atoms with Crippen molar-refractivity contribution in [2.24, 2.45) is 5.73 Å². The zero-order chi connectivity index (χ0) is 12.6. The highest BCUT2D eigenvalue weighted by molar-refractivity contribution is 5.98. The highest BCUT2D eigenvalue weighted by Crippen LogP contribution is 2.28. The number of para-hydroxylation sites is 1. The molecule has 0 atom stereocenters. The van der Waals surface area contributed by atoms with Crippen molar-refractivity contribution < 1.29 is 4.79 Å². The number of aromatic nitrogens is 1. The van der Waals surface area contributed by atoms with Gasteiger partial charge in [0, 0.05) is 23.0 Å². The largest absolute Gasteiger partial charge is 0.351 e. The van der Waals surface area contributed by atoms with Crippen LogP contribution in [0.3, 0.4) is 0 Å². The van der Waals surface area contributed by atoms with E-state index in [-0.39, 0.29) is 11.4 Å². The number of amides is 1. The monoisotopic (exact) mass is 243 g/mol. The Bertz CT molecular complexity index is 550. The van der Waals surface area contributed by atoms with Gasteiger partial charge in [-0.25, -0.2) is 0 Å². The van der Waals surface area contributed by atoms with Crippen LogP contribution in [0.2, 0.25) is 0 Å². The summed E-state index contributed by atoms with van der Waals surface area (Å²) in [5, 5.41) is 3.96. The van der Waals surface area contributed by atoms with Crippen LogP contribution in [0, 0.1) is 0 Å². The molecule has 0 bridgehead atoms. The van der Waals surface area contributed by atoms with Crippen molar-refractivity contribution in [1.29, 1.82) is 0 Å². The third kappa shape index (κ3) is 1.99. The van der Waals surface area contributed by atoms with Gasteiger partial charge < -0.3 is 16.0 Å². The smallest absolute Gasteiger partial charge is 0.267 e. The Hall–Kier alpha value is -1.81. The Kier molecular flexibility index (Phi) is 2.59.